The van der Waals surface area contributed by atoms with Gasteiger partial charge in [0.15, 0.2) is 0 Å². The maximum absolute atomic E-state index is 13.2. The lowest BCUT2D eigenvalue weighted by molar-refractivity contribution is 0.0756. The number of fused-ring (bicyclic) bond motifs is 2. The van der Waals surface area contributed by atoms with Gasteiger partial charge in [-0.05, 0) is 23.3 Å². The number of hydrogen-bond donors (Lipinski definition) is 0. The lowest BCUT2D eigenvalue weighted by Crippen LogP contribution is -2.33. The van der Waals surface area contributed by atoms with E-state index in [2.05, 4.69) is 0 Å². The van der Waals surface area contributed by atoms with Crippen LogP contribution in [0.5, 0.6) is 0 Å². The van der Waals surface area contributed by atoms with Crippen molar-refractivity contribution in [3.05, 3.63) is 59.7 Å². The highest BCUT2D eigenvalue weighted by Crippen LogP contribution is 2.43. The van der Waals surface area contributed by atoms with Crippen LogP contribution in [0, 0.1) is 0 Å². The number of benzene rings is 2. The van der Waals surface area contributed by atoms with Crippen molar-refractivity contribution < 1.29 is 17.9 Å². The third-order valence-corrected chi connectivity index (χ3v) is 6.16. The van der Waals surface area contributed by atoms with Crippen LogP contribution in [-0.4, -0.2) is 35.5 Å². The molecule has 0 N–H and O–H groups in total. The van der Waals surface area contributed by atoms with E-state index >= 15 is 0 Å². The maximum Gasteiger partial charge on any atom is 0.266 e. The number of methoxy groups -OCH3 is 1. The first-order valence-corrected chi connectivity index (χ1v) is 9.36. The molecule has 2 aromatic carbocycles. The zero-order valence-electron chi connectivity index (χ0n) is 13.2. The van der Waals surface area contributed by atoms with E-state index in [0.29, 0.717) is 24.5 Å². The van der Waals surface area contributed by atoms with Gasteiger partial charge in [-0.25, -0.2) is 12.7 Å². The van der Waals surface area contributed by atoms with Gasteiger partial charge < -0.3 is 9.47 Å². The molecule has 1 aliphatic heterocycles. The topological polar surface area (TPSA) is 55.8 Å². The van der Waals surface area contributed by atoms with E-state index in [9.17, 15) is 8.42 Å². The number of ether oxygens (including phenoxy) is 2. The number of sulfonamides is 1. The average Bonchev–Trinajstić information content (AvgIpc) is 2.67. The predicted octanol–water partition coefficient (Wildman–Crippen LogP) is 3.14. The second-order valence-corrected chi connectivity index (χ2v) is 7.61. The van der Waals surface area contributed by atoms with Gasteiger partial charge in [0.05, 0.1) is 29.2 Å². The Labute approximate surface area is 146 Å². The first-order valence-electron chi connectivity index (χ1n) is 7.48. The second kappa shape index (κ2) is 7.11. The van der Waals surface area contributed by atoms with Gasteiger partial charge in [0.1, 0.15) is 6.73 Å². The fourth-order valence-electron chi connectivity index (χ4n) is 2.70. The smallest absolute Gasteiger partial charge is 0.266 e. The zero-order valence-corrected chi connectivity index (χ0v) is 14.8. The molecule has 0 spiro atoms. The predicted molar refractivity (Wildman–Crippen MR) is 92.9 cm³/mol. The zero-order chi connectivity index (χ0) is 17.2. The van der Waals surface area contributed by atoms with Crippen molar-refractivity contribution in [1.82, 2.24) is 0 Å². The minimum absolute atomic E-state index is 0.0966. The van der Waals surface area contributed by atoms with Crippen molar-refractivity contribution in [2.45, 2.75) is 10.3 Å². The van der Waals surface area contributed by atoms with E-state index in [1.807, 2.05) is 12.1 Å². The summed E-state index contributed by atoms with van der Waals surface area (Å²) in [6.45, 7) is 0.599. The van der Waals surface area contributed by atoms with Crippen molar-refractivity contribution in [1.29, 1.82) is 0 Å². The van der Waals surface area contributed by atoms with Crippen molar-refractivity contribution in [3.63, 3.8) is 0 Å². The Kier molecular flexibility index (Phi) is 5.10. The fourth-order valence-corrected chi connectivity index (χ4v) is 4.75. The Balaban J connectivity index is 2.11. The van der Waals surface area contributed by atoms with Gasteiger partial charge in [0.2, 0.25) is 0 Å². The molecule has 0 saturated heterocycles. The number of halogens is 1. The number of hydrogen-bond acceptors (Lipinski definition) is 4. The Morgan fingerprint density at radius 3 is 2.46 bits per heavy atom. The van der Waals surface area contributed by atoms with Crippen LogP contribution in [0.1, 0.15) is 16.5 Å². The Bertz CT molecular complexity index is 825. The van der Waals surface area contributed by atoms with Gasteiger partial charge in [-0.1, -0.05) is 36.4 Å². The summed E-state index contributed by atoms with van der Waals surface area (Å²) in [5.74, 6) is 0. The van der Waals surface area contributed by atoms with Crippen LogP contribution < -0.4 is 4.31 Å². The highest BCUT2D eigenvalue weighted by Gasteiger charge is 2.35. The lowest BCUT2D eigenvalue weighted by atomic mass is 10.0. The molecule has 0 fully saturated rings. The number of para-hydroxylation sites is 1. The molecule has 1 aliphatic rings. The summed E-state index contributed by atoms with van der Waals surface area (Å²) >= 11 is 6.61. The lowest BCUT2D eigenvalue weighted by Gasteiger charge is -2.24. The molecular formula is C17H18ClNO4S. The van der Waals surface area contributed by atoms with Crippen molar-refractivity contribution in [2.75, 3.05) is 31.4 Å². The molecular weight excluding hydrogens is 350 g/mol. The summed E-state index contributed by atoms with van der Waals surface area (Å²) in [7, 11) is -2.20. The summed E-state index contributed by atoms with van der Waals surface area (Å²) in [6.07, 6.45) is 0. The van der Waals surface area contributed by atoms with Crippen LogP contribution in [0.2, 0.25) is 0 Å². The summed E-state index contributed by atoms with van der Waals surface area (Å²) in [4.78, 5) is 0.205. The van der Waals surface area contributed by atoms with E-state index in [0.717, 1.165) is 5.56 Å². The Morgan fingerprint density at radius 2 is 1.71 bits per heavy atom. The first-order chi connectivity index (χ1) is 11.6. The normalized spacial score (nSPS) is 18.6. The Morgan fingerprint density at radius 1 is 1.04 bits per heavy atom. The molecule has 24 heavy (non-hydrogen) atoms. The van der Waals surface area contributed by atoms with E-state index in [1.165, 1.54) is 4.31 Å². The standard InChI is InChI=1S/C17H18ClNO4S/c1-22-10-11-23-12-19-15-8-4-2-6-13(15)17(18)14-7-3-5-9-16(14)24(19,20)21/h2-9,17H,10-12H2,1H3. The minimum atomic E-state index is -3.77. The molecule has 0 saturated carbocycles. The molecule has 1 unspecified atom stereocenters. The van der Waals surface area contributed by atoms with Crippen LogP contribution in [-0.2, 0) is 19.5 Å². The third-order valence-electron chi connectivity index (χ3n) is 3.88. The molecule has 0 radical (unpaired) electrons. The van der Waals surface area contributed by atoms with Crippen LogP contribution in [0.15, 0.2) is 53.4 Å². The van der Waals surface area contributed by atoms with Crippen molar-refractivity contribution in [2.24, 2.45) is 0 Å². The second-order valence-electron chi connectivity index (χ2n) is 5.34. The number of anilines is 1. The van der Waals surface area contributed by atoms with Crippen LogP contribution >= 0.6 is 11.6 Å². The highest BCUT2D eigenvalue weighted by atomic mass is 35.5. The van der Waals surface area contributed by atoms with Gasteiger partial charge >= 0.3 is 0 Å². The van der Waals surface area contributed by atoms with Gasteiger partial charge in [0.25, 0.3) is 10.0 Å². The van der Waals surface area contributed by atoms with Crippen LogP contribution in [0.4, 0.5) is 5.69 Å². The first kappa shape index (κ1) is 17.2. The number of rotatable bonds is 5. The highest BCUT2D eigenvalue weighted by molar-refractivity contribution is 7.93. The van der Waals surface area contributed by atoms with E-state index in [1.54, 1.807) is 43.5 Å². The summed E-state index contributed by atoms with van der Waals surface area (Å²) < 4.78 is 38.0. The average molecular weight is 368 g/mol. The SMILES string of the molecule is COCCOCN1c2ccccc2C(Cl)c2ccccc2S1(=O)=O. The van der Waals surface area contributed by atoms with Crippen molar-refractivity contribution >= 4 is 27.3 Å². The fraction of sp³-hybridized carbons (Fsp3) is 0.294. The molecule has 128 valence electrons. The molecule has 0 aromatic heterocycles. The van der Waals surface area contributed by atoms with Crippen LogP contribution in [0.3, 0.4) is 0 Å². The van der Waals surface area contributed by atoms with Gasteiger partial charge in [0, 0.05) is 7.11 Å². The monoisotopic (exact) mass is 367 g/mol. The molecule has 3 rings (SSSR count). The Hall–Kier alpha value is -1.60. The molecule has 0 aliphatic carbocycles. The quantitative estimate of drug-likeness (QED) is 0.601. The van der Waals surface area contributed by atoms with Crippen LogP contribution in [0.25, 0.3) is 0 Å². The molecule has 7 heteroatoms. The minimum Gasteiger partial charge on any atom is -0.382 e. The summed E-state index contributed by atoms with van der Waals surface area (Å²) in [6, 6.07) is 14.0. The maximum atomic E-state index is 13.2. The number of nitrogens with zero attached hydrogens (tertiary/aromatic N) is 1. The largest absolute Gasteiger partial charge is 0.382 e. The summed E-state index contributed by atoms with van der Waals surface area (Å²) in [5.41, 5.74) is 1.85. The molecule has 0 amide bonds. The molecule has 1 heterocycles. The van der Waals surface area contributed by atoms with E-state index in [-0.39, 0.29) is 11.6 Å². The summed E-state index contributed by atoms with van der Waals surface area (Å²) in [5, 5.41) is -0.545. The van der Waals surface area contributed by atoms with Gasteiger partial charge in [-0.3, -0.25) is 0 Å². The van der Waals surface area contributed by atoms with Crippen molar-refractivity contribution in [3.8, 4) is 0 Å². The third kappa shape index (κ3) is 3.02. The van der Waals surface area contributed by atoms with E-state index < -0.39 is 15.4 Å². The molecule has 0 bridgehead atoms. The molecule has 5 nitrogen and oxygen atoms in total. The van der Waals surface area contributed by atoms with Gasteiger partial charge in [-0.2, -0.15) is 0 Å². The molecule has 1 atom stereocenters. The van der Waals surface area contributed by atoms with E-state index in [4.69, 9.17) is 21.1 Å². The van der Waals surface area contributed by atoms with Gasteiger partial charge in [-0.15, -0.1) is 11.6 Å². The number of alkyl halides is 1. The molecule has 2 aromatic rings.